The Morgan fingerprint density at radius 2 is 2.10 bits per heavy atom. The predicted molar refractivity (Wildman–Crippen MR) is 82.3 cm³/mol. The fraction of sp³-hybridized carbons (Fsp3) is 0.571. The number of hydrogen-bond acceptors (Lipinski definition) is 4. The Kier molecular flexibility index (Phi) is 4.25. The Morgan fingerprint density at radius 1 is 1.40 bits per heavy atom. The Balaban J connectivity index is 2.36. The van der Waals surface area contributed by atoms with Crippen molar-refractivity contribution in [2.24, 2.45) is 5.92 Å². The summed E-state index contributed by atoms with van der Waals surface area (Å²) < 4.78 is 25.6. The standard InChI is InChI=1S/C14H23N3O2S/c1-4-11-7-8-17(10-11)14-9-12(5-6-13(14)15)20(18,19)16(2)3/h5-6,9,11H,4,7-8,10,15H2,1-3H3. The summed E-state index contributed by atoms with van der Waals surface area (Å²) in [4.78, 5) is 2.49. The summed E-state index contributed by atoms with van der Waals surface area (Å²) in [5.41, 5.74) is 7.50. The van der Waals surface area contributed by atoms with Gasteiger partial charge < -0.3 is 10.6 Å². The van der Waals surface area contributed by atoms with Gasteiger partial charge in [0.2, 0.25) is 10.0 Å². The lowest BCUT2D eigenvalue weighted by Gasteiger charge is -2.22. The van der Waals surface area contributed by atoms with Gasteiger partial charge in [-0.15, -0.1) is 0 Å². The van der Waals surface area contributed by atoms with Gasteiger partial charge in [-0.25, -0.2) is 12.7 Å². The molecule has 2 N–H and O–H groups in total. The van der Waals surface area contributed by atoms with Crippen molar-refractivity contribution in [1.82, 2.24) is 4.31 Å². The zero-order valence-corrected chi connectivity index (χ0v) is 13.2. The highest BCUT2D eigenvalue weighted by Gasteiger charge is 2.25. The molecule has 1 saturated heterocycles. The second-order valence-corrected chi connectivity index (χ2v) is 7.67. The summed E-state index contributed by atoms with van der Waals surface area (Å²) >= 11 is 0. The molecule has 1 aliphatic rings. The molecule has 0 spiro atoms. The van der Waals surface area contributed by atoms with Crippen molar-refractivity contribution in [3.05, 3.63) is 18.2 Å². The lowest BCUT2D eigenvalue weighted by molar-refractivity contribution is 0.521. The van der Waals surface area contributed by atoms with E-state index in [2.05, 4.69) is 11.8 Å². The van der Waals surface area contributed by atoms with Crippen molar-refractivity contribution in [2.45, 2.75) is 24.7 Å². The van der Waals surface area contributed by atoms with E-state index in [1.165, 1.54) is 18.4 Å². The Morgan fingerprint density at radius 3 is 2.65 bits per heavy atom. The summed E-state index contributed by atoms with van der Waals surface area (Å²) in [7, 11) is -0.342. The minimum absolute atomic E-state index is 0.298. The van der Waals surface area contributed by atoms with Gasteiger partial charge in [0.15, 0.2) is 0 Å². The third kappa shape index (κ3) is 2.76. The largest absolute Gasteiger partial charge is 0.397 e. The summed E-state index contributed by atoms with van der Waals surface area (Å²) in [5, 5.41) is 0. The van der Waals surface area contributed by atoms with Gasteiger partial charge in [-0.05, 0) is 30.5 Å². The fourth-order valence-corrected chi connectivity index (χ4v) is 3.48. The molecule has 112 valence electrons. The van der Waals surface area contributed by atoms with Crippen LogP contribution < -0.4 is 10.6 Å². The maximum absolute atomic E-state index is 12.2. The van der Waals surface area contributed by atoms with Gasteiger partial charge in [-0.2, -0.15) is 0 Å². The van der Waals surface area contributed by atoms with Gasteiger partial charge in [0, 0.05) is 27.2 Å². The zero-order chi connectivity index (χ0) is 14.9. The molecule has 1 aliphatic heterocycles. The number of benzene rings is 1. The van der Waals surface area contributed by atoms with Crippen LogP contribution >= 0.6 is 0 Å². The normalized spacial score (nSPS) is 19.8. The molecule has 5 nitrogen and oxygen atoms in total. The van der Waals surface area contributed by atoms with Crippen molar-refractivity contribution < 1.29 is 8.42 Å². The number of nitrogens with zero attached hydrogens (tertiary/aromatic N) is 2. The summed E-state index contributed by atoms with van der Waals surface area (Å²) in [6, 6.07) is 4.95. The predicted octanol–water partition coefficient (Wildman–Crippen LogP) is 1.76. The molecule has 2 rings (SSSR count). The molecule has 1 aromatic carbocycles. The van der Waals surface area contributed by atoms with E-state index in [0.717, 1.165) is 31.6 Å². The Labute approximate surface area is 121 Å². The Bertz CT molecular complexity index is 584. The summed E-state index contributed by atoms with van der Waals surface area (Å²) in [6.45, 7) is 4.07. The molecule has 0 saturated carbocycles. The SMILES string of the molecule is CCC1CCN(c2cc(S(=O)(=O)N(C)C)ccc2N)C1. The first-order valence-electron chi connectivity index (χ1n) is 6.93. The van der Waals surface area contributed by atoms with Crippen LogP contribution in [-0.2, 0) is 10.0 Å². The van der Waals surface area contributed by atoms with Gasteiger partial charge in [0.1, 0.15) is 0 Å². The second kappa shape index (κ2) is 5.61. The molecule has 1 unspecified atom stereocenters. The molecule has 20 heavy (non-hydrogen) atoms. The van der Waals surface area contributed by atoms with Crippen LogP contribution in [0.2, 0.25) is 0 Å². The molecule has 0 radical (unpaired) electrons. The minimum atomic E-state index is -3.41. The number of anilines is 2. The van der Waals surface area contributed by atoms with Crippen LogP contribution in [0.25, 0.3) is 0 Å². The van der Waals surface area contributed by atoms with Crippen molar-refractivity contribution in [3.8, 4) is 0 Å². The number of rotatable bonds is 4. The monoisotopic (exact) mass is 297 g/mol. The quantitative estimate of drug-likeness (QED) is 0.860. The van der Waals surface area contributed by atoms with E-state index in [9.17, 15) is 8.42 Å². The number of nitrogens with two attached hydrogens (primary N) is 1. The Hall–Kier alpha value is -1.27. The first-order chi connectivity index (χ1) is 9.36. The lowest BCUT2D eigenvalue weighted by atomic mass is 10.1. The third-order valence-corrected chi connectivity index (χ3v) is 5.80. The number of hydrogen-bond donors (Lipinski definition) is 1. The molecule has 1 fully saturated rings. The number of sulfonamides is 1. The van der Waals surface area contributed by atoms with Crippen LogP contribution in [0, 0.1) is 5.92 Å². The van der Waals surface area contributed by atoms with E-state index in [1.807, 2.05) is 0 Å². The fourth-order valence-electron chi connectivity index (χ4n) is 2.55. The molecule has 1 heterocycles. The summed E-state index contributed by atoms with van der Waals surface area (Å²) in [5.74, 6) is 0.670. The van der Waals surface area contributed by atoms with Crippen LogP contribution in [0.15, 0.2) is 23.1 Å². The van der Waals surface area contributed by atoms with E-state index in [0.29, 0.717) is 16.5 Å². The van der Waals surface area contributed by atoms with Crippen LogP contribution in [-0.4, -0.2) is 39.9 Å². The van der Waals surface area contributed by atoms with Crippen LogP contribution in [0.4, 0.5) is 11.4 Å². The van der Waals surface area contributed by atoms with E-state index in [1.54, 1.807) is 18.2 Å². The molecule has 1 atom stereocenters. The number of nitrogen functional groups attached to an aromatic ring is 1. The first kappa shape index (κ1) is 15.1. The van der Waals surface area contributed by atoms with Crippen LogP contribution in [0.3, 0.4) is 0 Å². The average molecular weight is 297 g/mol. The molecule has 0 bridgehead atoms. The highest BCUT2D eigenvalue weighted by Crippen LogP contribution is 2.32. The minimum Gasteiger partial charge on any atom is -0.397 e. The zero-order valence-electron chi connectivity index (χ0n) is 12.3. The van der Waals surface area contributed by atoms with Crippen LogP contribution in [0.1, 0.15) is 19.8 Å². The van der Waals surface area contributed by atoms with Gasteiger partial charge in [-0.1, -0.05) is 13.3 Å². The third-order valence-electron chi connectivity index (χ3n) is 3.98. The van der Waals surface area contributed by atoms with Crippen LogP contribution in [0.5, 0.6) is 0 Å². The van der Waals surface area contributed by atoms with E-state index >= 15 is 0 Å². The maximum atomic E-state index is 12.2. The van der Waals surface area contributed by atoms with Gasteiger partial charge in [0.25, 0.3) is 0 Å². The molecule has 6 heteroatoms. The molecule has 0 amide bonds. The van der Waals surface area contributed by atoms with Crippen molar-refractivity contribution >= 4 is 21.4 Å². The van der Waals surface area contributed by atoms with Gasteiger partial charge >= 0.3 is 0 Å². The van der Waals surface area contributed by atoms with E-state index in [4.69, 9.17) is 5.73 Å². The van der Waals surface area contributed by atoms with Crippen molar-refractivity contribution in [1.29, 1.82) is 0 Å². The van der Waals surface area contributed by atoms with Gasteiger partial charge in [0.05, 0.1) is 16.3 Å². The maximum Gasteiger partial charge on any atom is 0.242 e. The molecule has 0 aliphatic carbocycles. The highest BCUT2D eigenvalue weighted by molar-refractivity contribution is 7.89. The average Bonchev–Trinajstić information content (AvgIpc) is 2.87. The lowest BCUT2D eigenvalue weighted by Crippen LogP contribution is -2.24. The second-order valence-electron chi connectivity index (χ2n) is 5.52. The smallest absolute Gasteiger partial charge is 0.242 e. The first-order valence-corrected chi connectivity index (χ1v) is 8.37. The molecular weight excluding hydrogens is 274 g/mol. The summed E-state index contributed by atoms with van der Waals surface area (Å²) in [6.07, 6.45) is 2.28. The van der Waals surface area contributed by atoms with E-state index in [-0.39, 0.29) is 0 Å². The van der Waals surface area contributed by atoms with Crippen molar-refractivity contribution in [2.75, 3.05) is 37.8 Å². The highest BCUT2D eigenvalue weighted by atomic mass is 32.2. The molecule has 1 aromatic rings. The molecular formula is C14H23N3O2S. The topological polar surface area (TPSA) is 66.6 Å². The van der Waals surface area contributed by atoms with Gasteiger partial charge in [-0.3, -0.25) is 0 Å². The van der Waals surface area contributed by atoms with Crippen molar-refractivity contribution in [3.63, 3.8) is 0 Å². The molecule has 0 aromatic heterocycles. The van der Waals surface area contributed by atoms with E-state index < -0.39 is 10.0 Å².